The molecule has 2 aliphatic heterocycles. The first kappa shape index (κ1) is 26.2. The number of amidine groups is 1. The summed E-state index contributed by atoms with van der Waals surface area (Å²) >= 11 is 0. The lowest BCUT2D eigenvalue weighted by atomic mass is 9.86. The van der Waals surface area contributed by atoms with E-state index in [0.29, 0.717) is 31.8 Å². The molecular formula is C20H36N4O7S. The van der Waals surface area contributed by atoms with Gasteiger partial charge in [-0.15, -0.1) is 0 Å². The Kier molecular flexibility index (Phi) is 8.38. The maximum atomic E-state index is 12.5. The predicted molar refractivity (Wildman–Crippen MR) is 118 cm³/mol. The number of nitrogens with zero attached hydrogens (tertiary/aromatic N) is 2. The number of hydrogen-bond acceptors (Lipinski definition) is 8. The van der Waals surface area contributed by atoms with Crippen molar-refractivity contribution in [3.05, 3.63) is 0 Å². The number of unbranched alkanes of at least 4 members (excludes halogenated alkanes) is 1. The third kappa shape index (κ3) is 7.51. The molecule has 2 saturated heterocycles. The zero-order valence-electron chi connectivity index (χ0n) is 19.5. The largest absolute Gasteiger partial charge is 0.444 e. The van der Waals surface area contributed by atoms with Crippen LogP contribution in [0.15, 0.2) is 0 Å². The van der Waals surface area contributed by atoms with Gasteiger partial charge in [0.2, 0.25) is 6.29 Å². The molecule has 0 spiro atoms. The van der Waals surface area contributed by atoms with E-state index in [9.17, 15) is 18.0 Å². The number of carbonyl (C=O) groups excluding carboxylic acids is 2. The van der Waals surface area contributed by atoms with Crippen LogP contribution in [0.5, 0.6) is 0 Å². The van der Waals surface area contributed by atoms with Crippen LogP contribution in [0.2, 0.25) is 0 Å². The molecule has 2 heterocycles. The highest BCUT2D eigenvalue weighted by atomic mass is 32.2. The van der Waals surface area contributed by atoms with Gasteiger partial charge in [-0.25, -0.2) is 13.8 Å². The van der Waals surface area contributed by atoms with E-state index in [-0.39, 0.29) is 5.84 Å². The minimum atomic E-state index is -3.73. The monoisotopic (exact) mass is 476 g/mol. The number of amides is 2. The van der Waals surface area contributed by atoms with Crippen molar-refractivity contribution >= 4 is 28.1 Å². The topological polar surface area (TPSA) is 152 Å². The van der Waals surface area contributed by atoms with Gasteiger partial charge in [0.25, 0.3) is 10.1 Å². The second-order valence-electron chi connectivity index (χ2n) is 9.52. The van der Waals surface area contributed by atoms with E-state index < -0.39 is 46.3 Å². The fraction of sp³-hybridized carbons (Fsp3) is 0.850. The third-order valence-electron chi connectivity index (χ3n) is 5.57. The molecule has 2 aliphatic rings. The second-order valence-corrected chi connectivity index (χ2v) is 11.1. The average Bonchev–Trinajstić information content (AvgIpc) is 2.88. The van der Waals surface area contributed by atoms with Crippen LogP contribution in [0.1, 0.15) is 59.8 Å². The molecule has 0 bridgehead atoms. The van der Waals surface area contributed by atoms with E-state index in [0.717, 1.165) is 25.5 Å². The first-order valence-corrected chi connectivity index (χ1v) is 12.7. The van der Waals surface area contributed by atoms with Crippen molar-refractivity contribution in [1.29, 1.82) is 5.41 Å². The summed E-state index contributed by atoms with van der Waals surface area (Å²) in [5, 5.41) is 7.90. The summed E-state index contributed by atoms with van der Waals surface area (Å²) in [4.78, 5) is 27.5. The van der Waals surface area contributed by atoms with Gasteiger partial charge in [0.05, 0.1) is 18.3 Å². The predicted octanol–water partition coefficient (Wildman–Crippen LogP) is 2.25. The number of nitrogens with two attached hydrogens (primary N) is 1. The maximum Gasteiger partial charge on any atom is 0.412 e. The molecule has 0 aromatic rings. The number of likely N-dealkylation sites (tertiary alicyclic amines) is 1. The Bertz CT molecular complexity index is 811. The van der Waals surface area contributed by atoms with E-state index in [1.165, 1.54) is 9.80 Å². The molecular weight excluding hydrogens is 440 g/mol. The van der Waals surface area contributed by atoms with Gasteiger partial charge in [-0.3, -0.25) is 15.2 Å². The molecule has 2 rings (SSSR count). The SMILES string of the molecule is CC1C(OS(C)(=O)=O)OC(=O)N1CCCCC1CCN(C(=O)OC(C)(C)C)C(C(=N)N)C1. The van der Waals surface area contributed by atoms with Crippen molar-refractivity contribution in [3.8, 4) is 0 Å². The smallest absolute Gasteiger partial charge is 0.412 e. The zero-order chi connectivity index (χ0) is 24.3. The molecule has 12 heteroatoms. The van der Waals surface area contributed by atoms with Crippen molar-refractivity contribution in [1.82, 2.24) is 9.80 Å². The molecule has 184 valence electrons. The van der Waals surface area contributed by atoms with Crippen LogP contribution in [-0.2, 0) is 23.8 Å². The second kappa shape index (κ2) is 10.2. The standard InChI is InChI=1S/C20H36N4O7S/c1-13-17(31-32(5,27)28)29-18(25)23(13)10-7-6-8-14-9-11-24(15(12-14)16(21)22)19(26)30-20(2,3)4/h13-15,17H,6-12H2,1-5H3,(H3,21,22). The zero-order valence-corrected chi connectivity index (χ0v) is 20.3. The highest BCUT2D eigenvalue weighted by Gasteiger charge is 2.41. The van der Waals surface area contributed by atoms with Crippen molar-refractivity contribution in [2.45, 2.75) is 83.8 Å². The van der Waals surface area contributed by atoms with E-state index in [4.69, 9.17) is 24.8 Å². The quantitative estimate of drug-likeness (QED) is 0.234. The van der Waals surface area contributed by atoms with Crippen LogP contribution in [0.25, 0.3) is 0 Å². The number of ether oxygens (including phenoxy) is 2. The first-order chi connectivity index (χ1) is 14.7. The fourth-order valence-electron chi connectivity index (χ4n) is 4.00. The van der Waals surface area contributed by atoms with Gasteiger partial charge < -0.3 is 15.2 Å². The molecule has 4 atom stereocenters. The Balaban J connectivity index is 1.81. The van der Waals surface area contributed by atoms with E-state index >= 15 is 0 Å². The van der Waals surface area contributed by atoms with E-state index in [1.54, 1.807) is 27.7 Å². The molecule has 4 unspecified atom stereocenters. The molecule has 32 heavy (non-hydrogen) atoms. The Labute approximate surface area is 190 Å². The summed E-state index contributed by atoms with van der Waals surface area (Å²) < 4.78 is 37.9. The summed E-state index contributed by atoms with van der Waals surface area (Å²) in [5.74, 6) is 0.248. The van der Waals surface area contributed by atoms with Crippen molar-refractivity contribution in [2.75, 3.05) is 19.3 Å². The Morgan fingerprint density at radius 1 is 1.31 bits per heavy atom. The summed E-state index contributed by atoms with van der Waals surface area (Å²) in [6.45, 7) is 7.98. The molecule has 0 radical (unpaired) electrons. The highest BCUT2D eigenvalue weighted by molar-refractivity contribution is 7.86. The van der Waals surface area contributed by atoms with E-state index in [2.05, 4.69) is 0 Å². The lowest BCUT2D eigenvalue weighted by Crippen LogP contribution is -2.53. The van der Waals surface area contributed by atoms with Gasteiger partial charge in [0, 0.05) is 13.1 Å². The molecule has 2 amide bonds. The lowest BCUT2D eigenvalue weighted by molar-refractivity contribution is -0.00751. The van der Waals surface area contributed by atoms with Crippen LogP contribution in [0.4, 0.5) is 9.59 Å². The normalized spacial score (nSPS) is 26.7. The number of piperidine rings is 1. The number of hydrogen-bond donors (Lipinski definition) is 2. The third-order valence-corrected chi connectivity index (χ3v) is 6.11. The number of carbonyl (C=O) groups is 2. The van der Waals surface area contributed by atoms with Crippen molar-refractivity contribution in [2.24, 2.45) is 11.7 Å². The van der Waals surface area contributed by atoms with Gasteiger partial charge in [0.15, 0.2) is 0 Å². The van der Waals surface area contributed by atoms with Gasteiger partial charge in [0.1, 0.15) is 11.4 Å². The number of cyclic esters (lactones) is 1. The number of rotatable bonds is 8. The molecule has 0 saturated carbocycles. The van der Waals surface area contributed by atoms with Gasteiger partial charge >= 0.3 is 12.2 Å². The summed E-state index contributed by atoms with van der Waals surface area (Å²) in [6.07, 6.45) is 2.53. The molecule has 0 aromatic carbocycles. The van der Waals surface area contributed by atoms with Crippen molar-refractivity contribution in [3.63, 3.8) is 0 Å². The summed E-state index contributed by atoms with van der Waals surface area (Å²) in [6, 6.07) is -0.984. The van der Waals surface area contributed by atoms with Crippen LogP contribution < -0.4 is 5.73 Å². The summed E-state index contributed by atoms with van der Waals surface area (Å²) in [7, 11) is -3.73. The van der Waals surface area contributed by atoms with E-state index in [1.807, 2.05) is 0 Å². The maximum absolute atomic E-state index is 12.5. The van der Waals surface area contributed by atoms with Gasteiger partial charge in [-0.05, 0) is 52.9 Å². The van der Waals surface area contributed by atoms with Gasteiger partial charge in [-0.1, -0.05) is 12.8 Å². The number of nitrogens with one attached hydrogen (secondary N) is 1. The Hall–Kier alpha value is -2.08. The minimum Gasteiger partial charge on any atom is -0.444 e. The molecule has 2 fully saturated rings. The molecule has 0 aromatic heterocycles. The average molecular weight is 477 g/mol. The Morgan fingerprint density at radius 3 is 2.53 bits per heavy atom. The minimum absolute atomic E-state index is 0.0499. The molecule has 3 N–H and O–H groups in total. The molecule has 11 nitrogen and oxygen atoms in total. The Morgan fingerprint density at radius 2 is 1.97 bits per heavy atom. The van der Waals surface area contributed by atoms with Crippen LogP contribution in [-0.4, -0.2) is 79.6 Å². The lowest BCUT2D eigenvalue weighted by Gasteiger charge is -2.39. The molecule has 0 aliphatic carbocycles. The highest BCUT2D eigenvalue weighted by Crippen LogP contribution is 2.29. The fourth-order valence-corrected chi connectivity index (χ4v) is 4.54. The summed E-state index contributed by atoms with van der Waals surface area (Å²) in [5.41, 5.74) is 5.15. The van der Waals surface area contributed by atoms with Crippen LogP contribution in [0.3, 0.4) is 0 Å². The van der Waals surface area contributed by atoms with Crippen LogP contribution >= 0.6 is 0 Å². The van der Waals surface area contributed by atoms with Crippen LogP contribution in [0, 0.1) is 11.3 Å². The first-order valence-electron chi connectivity index (χ1n) is 10.9. The van der Waals surface area contributed by atoms with Gasteiger partial charge in [-0.2, -0.15) is 8.42 Å². The van der Waals surface area contributed by atoms with Crippen molar-refractivity contribution < 1.29 is 31.7 Å².